The number of furan rings is 2. The molecular weight excluding hydrogens is 661 g/mol. The second kappa shape index (κ2) is 12.5. The van der Waals surface area contributed by atoms with E-state index in [1.54, 1.807) is 0 Å². The van der Waals surface area contributed by atoms with E-state index in [1.807, 2.05) is 97.1 Å². The first-order valence-corrected chi connectivity index (χ1v) is 17.8. The minimum Gasteiger partial charge on any atom is -0.456 e. The number of rotatable bonds is 5. The van der Waals surface area contributed by atoms with E-state index in [9.17, 15) is 10.5 Å². The highest BCUT2D eigenvalue weighted by Crippen LogP contribution is 2.42. The lowest BCUT2D eigenvalue weighted by molar-refractivity contribution is 0.668. The van der Waals surface area contributed by atoms with E-state index in [0.717, 1.165) is 99.5 Å². The lowest BCUT2D eigenvalue weighted by Crippen LogP contribution is -1.91. The van der Waals surface area contributed by atoms with E-state index in [0.29, 0.717) is 11.1 Å². The van der Waals surface area contributed by atoms with E-state index < -0.39 is 0 Å². The van der Waals surface area contributed by atoms with Crippen LogP contribution in [0.2, 0.25) is 0 Å². The molecule has 250 valence electrons. The highest BCUT2D eigenvalue weighted by molar-refractivity contribution is 6.13. The summed E-state index contributed by atoms with van der Waals surface area (Å²) in [4.78, 5) is 0. The van der Waals surface area contributed by atoms with Crippen LogP contribution in [-0.2, 0) is 0 Å². The van der Waals surface area contributed by atoms with Crippen LogP contribution in [0.15, 0.2) is 179 Å². The molecule has 0 radical (unpaired) electrons. The molecule has 10 rings (SSSR count). The van der Waals surface area contributed by atoms with Gasteiger partial charge in [-0.3, -0.25) is 0 Å². The molecule has 0 aliphatic carbocycles. The number of para-hydroxylation sites is 2. The van der Waals surface area contributed by atoms with Gasteiger partial charge in [0.1, 0.15) is 22.3 Å². The van der Waals surface area contributed by atoms with E-state index in [2.05, 4.69) is 84.9 Å². The van der Waals surface area contributed by atoms with Crippen LogP contribution in [0.1, 0.15) is 11.1 Å². The predicted octanol–water partition coefficient (Wildman–Crippen LogP) is 13.6. The molecule has 0 N–H and O–H groups in total. The highest BCUT2D eigenvalue weighted by atomic mass is 16.3. The smallest absolute Gasteiger partial charge is 0.136 e. The van der Waals surface area contributed by atoms with Gasteiger partial charge in [0.25, 0.3) is 0 Å². The van der Waals surface area contributed by atoms with Crippen molar-refractivity contribution in [3.63, 3.8) is 0 Å². The fourth-order valence-corrected chi connectivity index (χ4v) is 7.81. The highest BCUT2D eigenvalue weighted by Gasteiger charge is 2.18. The van der Waals surface area contributed by atoms with Gasteiger partial charge in [0, 0.05) is 21.5 Å². The third-order valence-corrected chi connectivity index (χ3v) is 10.3. The summed E-state index contributed by atoms with van der Waals surface area (Å²) in [5.74, 6) is 0. The standard InChI is InChI=1S/C50H28N2O2/c51-29-32-10-1-3-12-40(32)37-24-36(25-38(27-37)41-13-4-2-11-33(41)30-52)35-22-34(31-20-21-44-43-14-5-7-17-46(43)54-49(44)28-31)23-39(26-35)42-16-9-19-48-50(42)45-15-6-8-18-47(45)53-48/h1-28H. The molecule has 0 amide bonds. The first-order chi connectivity index (χ1) is 26.6. The number of nitriles is 2. The van der Waals surface area contributed by atoms with Crippen molar-refractivity contribution < 1.29 is 8.83 Å². The summed E-state index contributed by atoms with van der Waals surface area (Å²) in [5.41, 5.74) is 14.1. The molecule has 0 atom stereocenters. The zero-order valence-corrected chi connectivity index (χ0v) is 28.9. The Morgan fingerprint density at radius 1 is 0.315 bits per heavy atom. The number of hydrogen-bond acceptors (Lipinski definition) is 4. The van der Waals surface area contributed by atoms with Crippen LogP contribution in [-0.4, -0.2) is 0 Å². The minimum atomic E-state index is 0.584. The maximum absolute atomic E-state index is 10.1. The quantitative estimate of drug-likeness (QED) is 0.180. The number of fused-ring (bicyclic) bond motifs is 6. The topological polar surface area (TPSA) is 73.9 Å². The van der Waals surface area contributed by atoms with Crippen LogP contribution < -0.4 is 0 Å². The Labute approximate surface area is 311 Å². The van der Waals surface area contributed by atoms with Crippen molar-refractivity contribution in [2.24, 2.45) is 0 Å². The van der Waals surface area contributed by atoms with Gasteiger partial charge in [0.2, 0.25) is 0 Å². The lowest BCUT2D eigenvalue weighted by atomic mass is 9.88. The molecule has 0 aliphatic heterocycles. The predicted molar refractivity (Wildman–Crippen MR) is 218 cm³/mol. The summed E-state index contributed by atoms with van der Waals surface area (Å²) in [6.45, 7) is 0. The van der Waals surface area contributed by atoms with Gasteiger partial charge in [-0.1, -0.05) is 91.0 Å². The summed E-state index contributed by atoms with van der Waals surface area (Å²) in [6.07, 6.45) is 0. The zero-order valence-electron chi connectivity index (χ0n) is 28.9. The van der Waals surface area contributed by atoms with Gasteiger partial charge in [-0.05, 0) is 134 Å². The molecule has 4 heteroatoms. The molecular formula is C50H28N2O2. The van der Waals surface area contributed by atoms with Crippen LogP contribution in [0, 0.1) is 22.7 Å². The van der Waals surface area contributed by atoms with Gasteiger partial charge in [-0.25, -0.2) is 0 Å². The third-order valence-electron chi connectivity index (χ3n) is 10.3. The SMILES string of the molecule is N#Cc1ccccc1-c1cc(-c2cc(-c3ccc4c(c3)oc3ccccc34)cc(-c3cccc4oc5ccccc5c34)c2)cc(-c2ccccc2C#N)c1. The summed E-state index contributed by atoms with van der Waals surface area (Å²) < 4.78 is 12.7. The Balaban J connectivity index is 1.26. The first-order valence-electron chi connectivity index (χ1n) is 17.8. The van der Waals surface area contributed by atoms with Crippen LogP contribution in [0.3, 0.4) is 0 Å². The molecule has 0 saturated heterocycles. The van der Waals surface area contributed by atoms with Gasteiger partial charge >= 0.3 is 0 Å². The maximum atomic E-state index is 10.1. The molecule has 8 aromatic carbocycles. The van der Waals surface area contributed by atoms with Crippen molar-refractivity contribution in [3.8, 4) is 67.8 Å². The number of hydrogen-bond donors (Lipinski definition) is 0. The molecule has 2 aromatic heterocycles. The van der Waals surface area contributed by atoms with Gasteiger partial charge in [0.15, 0.2) is 0 Å². The summed E-state index contributed by atoms with van der Waals surface area (Å²) in [6, 6.07) is 62.1. The molecule has 0 bridgehead atoms. The van der Waals surface area contributed by atoms with E-state index in [-0.39, 0.29) is 0 Å². The molecule has 54 heavy (non-hydrogen) atoms. The fraction of sp³-hybridized carbons (Fsp3) is 0. The van der Waals surface area contributed by atoms with Crippen molar-refractivity contribution in [2.75, 3.05) is 0 Å². The van der Waals surface area contributed by atoms with Crippen molar-refractivity contribution >= 4 is 43.9 Å². The molecule has 4 nitrogen and oxygen atoms in total. The van der Waals surface area contributed by atoms with Crippen LogP contribution in [0.25, 0.3) is 99.5 Å². The Bertz CT molecular complexity index is 3130. The lowest BCUT2D eigenvalue weighted by Gasteiger charge is -2.16. The van der Waals surface area contributed by atoms with Crippen molar-refractivity contribution in [1.82, 2.24) is 0 Å². The van der Waals surface area contributed by atoms with Gasteiger partial charge in [-0.2, -0.15) is 10.5 Å². The van der Waals surface area contributed by atoms with Crippen LogP contribution >= 0.6 is 0 Å². The average Bonchev–Trinajstić information content (AvgIpc) is 3.81. The largest absolute Gasteiger partial charge is 0.456 e. The Kier molecular flexibility index (Phi) is 7.22. The van der Waals surface area contributed by atoms with E-state index >= 15 is 0 Å². The van der Waals surface area contributed by atoms with Gasteiger partial charge in [-0.15, -0.1) is 0 Å². The summed E-state index contributed by atoms with van der Waals surface area (Å²) >= 11 is 0. The zero-order chi connectivity index (χ0) is 36.2. The molecule has 0 saturated carbocycles. The van der Waals surface area contributed by atoms with Crippen molar-refractivity contribution in [2.45, 2.75) is 0 Å². The monoisotopic (exact) mass is 688 g/mol. The Morgan fingerprint density at radius 2 is 0.759 bits per heavy atom. The van der Waals surface area contributed by atoms with Crippen molar-refractivity contribution in [3.05, 3.63) is 181 Å². The maximum Gasteiger partial charge on any atom is 0.136 e. The van der Waals surface area contributed by atoms with E-state index in [4.69, 9.17) is 8.83 Å². The first kappa shape index (κ1) is 31.1. The van der Waals surface area contributed by atoms with Gasteiger partial charge < -0.3 is 8.83 Å². The van der Waals surface area contributed by atoms with Crippen LogP contribution in [0.4, 0.5) is 0 Å². The molecule has 2 heterocycles. The molecule has 0 aliphatic rings. The third kappa shape index (κ3) is 5.14. The molecule has 0 spiro atoms. The summed E-state index contributed by atoms with van der Waals surface area (Å²) in [7, 11) is 0. The Hall–Kier alpha value is -7.66. The second-order valence-electron chi connectivity index (χ2n) is 13.5. The average molecular weight is 689 g/mol. The number of nitrogens with zero attached hydrogens (tertiary/aromatic N) is 2. The Morgan fingerprint density at radius 3 is 1.43 bits per heavy atom. The van der Waals surface area contributed by atoms with Gasteiger partial charge in [0.05, 0.1) is 23.3 Å². The van der Waals surface area contributed by atoms with E-state index in [1.165, 1.54) is 0 Å². The normalized spacial score (nSPS) is 11.3. The van der Waals surface area contributed by atoms with Crippen molar-refractivity contribution in [1.29, 1.82) is 10.5 Å². The molecule has 0 unspecified atom stereocenters. The molecule has 0 fully saturated rings. The minimum absolute atomic E-state index is 0.584. The molecule has 10 aromatic rings. The van der Waals surface area contributed by atoms with Crippen LogP contribution in [0.5, 0.6) is 0 Å². The fourth-order valence-electron chi connectivity index (χ4n) is 7.81. The number of benzene rings is 8. The summed E-state index contributed by atoms with van der Waals surface area (Å²) in [5, 5.41) is 24.5. The second-order valence-corrected chi connectivity index (χ2v) is 13.5.